The monoisotopic (exact) mass is 278 g/mol. The average Bonchev–Trinajstić information content (AvgIpc) is 2.49. The zero-order chi connectivity index (χ0) is 14.2. The van der Waals surface area contributed by atoms with Gasteiger partial charge in [-0.3, -0.25) is 0 Å². The number of hydrogen-bond donors (Lipinski definition) is 1. The highest BCUT2D eigenvalue weighted by atomic mass is 15.2. The summed E-state index contributed by atoms with van der Waals surface area (Å²) in [7, 11) is 0. The van der Waals surface area contributed by atoms with E-state index < -0.39 is 0 Å². The maximum atomic E-state index is 3.51. The lowest BCUT2D eigenvalue weighted by Crippen LogP contribution is -2.56. The number of nitrogens with zero attached hydrogens (tertiary/aromatic N) is 1. The van der Waals surface area contributed by atoms with Crippen molar-refractivity contribution >= 4 is 0 Å². The van der Waals surface area contributed by atoms with E-state index in [9.17, 15) is 0 Å². The summed E-state index contributed by atoms with van der Waals surface area (Å²) >= 11 is 0. The lowest BCUT2D eigenvalue weighted by Gasteiger charge is -2.56. The molecular weight excluding hydrogens is 244 g/mol. The third-order valence-corrected chi connectivity index (χ3v) is 7.01. The van der Waals surface area contributed by atoms with Crippen LogP contribution in [0.5, 0.6) is 0 Å². The highest BCUT2D eigenvalue weighted by Gasteiger charge is 2.46. The summed E-state index contributed by atoms with van der Waals surface area (Å²) in [5, 5.41) is 3.51. The first-order valence-corrected chi connectivity index (χ1v) is 9.05. The first kappa shape index (κ1) is 14.8. The molecule has 116 valence electrons. The van der Waals surface area contributed by atoms with Gasteiger partial charge in [0.25, 0.3) is 0 Å². The van der Waals surface area contributed by atoms with Gasteiger partial charge in [-0.15, -0.1) is 0 Å². The number of rotatable bonds is 4. The van der Waals surface area contributed by atoms with Gasteiger partial charge in [0.15, 0.2) is 0 Å². The molecular formula is C18H34N2. The van der Waals surface area contributed by atoms with Gasteiger partial charge in [0.05, 0.1) is 0 Å². The van der Waals surface area contributed by atoms with Gasteiger partial charge in [0.2, 0.25) is 0 Å². The first-order valence-electron chi connectivity index (χ1n) is 9.05. The summed E-state index contributed by atoms with van der Waals surface area (Å²) in [5.41, 5.74) is 0.688. The Hall–Kier alpha value is -0.0800. The fourth-order valence-corrected chi connectivity index (χ4v) is 5.22. The summed E-state index contributed by atoms with van der Waals surface area (Å²) in [4.78, 5) is 2.82. The summed E-state index contributed by atoms with van der Waals surface area (Å²) in [6.45, 7) is 12.7. The zero-order valence-corrected chi connectivity index (χ0v) is 13.8. The van der Waals surface area contributed by atoms with E-state index >= 15 is 0 Å². The molecule has 0 saturated carbocycles. The van der Waals surface area contributed by atoms with Crippen LogP contribution in [0.25, 0.3) is 0 Å². The predicted octanol–water partition coefficient (Wildman–Crippen LogP) is 3.52. The predicted molar refractivity (Wildman–Crippen MR) is 85.9 cm³/mol. The van der Waals surface area contributed by atoms with Crippen molar-refractivity contribution in [2.24, 2.45) is 23.2 Å². The van der Waals surface area contributed by atoms with E-state index in [4.69, 9.17) is 0 Å². The largest absolute Gasteiger partial charge is 0.317 e. The van der Waals surface area contributed by atoms with Crippen LogP contribution < -0.4 is 5.32 Å². The van der Waals surface area contributed by atoms with E-state index in [0.29, 0.717) is 5.41 Å². The van der Waals surface area contributed by atoms with Gasteiger partial charge in [-0.05, 0) is 87.9 Å². The molecule has 0 spiro atoms. The van der Waals surface area contributed by atoms with Crippen molar-refractivity contribution in [3.05, 3.63) is 0 Å². The molecule has 4 fully saturated rings. The quantitative estimate of drug-likeness (QED) is 0.846. The third kappa shape index (κ3) is 2.78. The normalized spacial score (nSPS) is 40.2. The Morgan fingerprint density at radius 3 is 2.35 bits per heavy atom. The molecule has 4 heterocycles. The van der Waals surface area contributed by atoms with Crippen LogP contribution in [0.1, 0.15) is 59.3 Å². The van der Waals surface area contributed by atoms with Gasteiger partial charge in [-0.2, -0.15) is 0 Å². The van der Waals surface area contributed by atoms with Gasteiger partial charge < -0.3 is 10.2 Å². The maximum absolute atomic E-state index is 3.51. The molecule has 2 bridgehead atoms. The van der Waals surface area contributed by atoms with Crippen LogP contribution in [0.3, 0.4) is 0 Å². The maximum Gasteiger partial charge on any atom is 0.0103 e. The fourth-order valence-electron chi connectivity index (χ4n) is 5.22. The van der Waals surface area contributed by atoms with Crippen LogP contribution in [0.4, 0.5) is 0 Å². The van der Waals surface area contributed by atoms with Crippen molar-refractivity contribution in [1.82, 2.24) is 10.2 Å². The Balaban J connectivity index is 1.60. The molecule has 2 unspecified atom stereocenters. The molecule has 4 saturated heterocycles. The summed E-state index contributed by atoms with van der Waals surface area (Å²) in [6.07, 6.45) is 8.68. The van der Waals surface area contributed by atoms with Gasteiger partial charge >= 0.3 is 0 Å². The minimum Gasteiger partial charge on any atom is -0.317 e. The van der Waals surface area contributed by atoms with Crippen LogP contribution in [0.15, 0.2) is 0 Å². The first-order chi connectivity index (χ1) is 9.61. The van der Waals surface area contributed by atoms with E-state index in [-0.39, 0.29) is 0 Å². The van der Waals surface area contributed by atoms with E-state index in [1.165, 1.54) is 64.7 Å². The number of piperidine rings is 4. The topological polar surface area (TPSA) is 15.3 Å². The van der Waals surface area contributed by atoms with Crippen LogP contribution in [0.2, 0.25) is 0 Å². The molecule has 2 heteroatoms. The fraction of sp³-hybridized carbons (Fsp3) is 1.00. The highest BCUT2D eigenvalue weighted by molar-refractivity contribution is 4.99. The van der Waals surface area contributed by atoms with E-state index in [2.05, 4.69) is 31.0 Å². The number of nitrogens with one attached hydrogen (secondary N) is 1. The van der Waals surface area contributed by atoms with Crippen molar-refractivity contribution in [3.8, 4) is 0 Å². The third-order valence-electron chi connectivity index (χ3n) is 7.01. The molecule has 0 aromatic rings. The van der Waals surface area contributed by atoms with Crippen molar-refractivity contribution in [2.45, 2.75) is 65.3 Å². The van der Waals surface area contributed by atoms with Gasteiger partial charge in [0.1, 0.15) is 0 Å². The Morgan fingerprint density at radius 1 is 1.10 bits per heavy atom. The van der Waals surface area contributed by atoms with Crippen molar-refractivity contribution < 1.29 is 0 Å². The SMILES string of the molecule is CC(CC1CC2(C(C)C)CCN1CC2)C1CCNCC1. The van der Waals surface area contributed by atoms with Gasteiger partial charge in [-0.25, -0.2) is 0 Å². The number of fused-ring (bicyclic) bond motifs is 3. The molecule has 2 nitrogen and oxygen atoms in total. The minimum atomic E-state index is 0.688. The highest BCUT2D eigenvalue weighted by Crippen LogP contribution is 2.49. The smallest absolute Gasteiger partial charge is 0.0103 e. The van der Waals surface area contributed by atoms with Gasteiger partial charge in [-0.1, -0.05) is 20.8 Å². The summed E-state index contributed by atoms with van der Waals surface area (Å²) in [6, 6.07) is 0.893. The molecule has 0 aliphatic carbocycles. The molecule has 1 N–H and O–H groups in total. The average molecular weight is 278 g/mol. The van der Waals surface area contributed by atoms with Crippen LogP contribution in [-0.4, -0.2) is 37.1 Å². The van der Waals surface area contributed by atoms with Crippen LogP contribution in [-0.2, 0) is 0 Å². The Kier molecular flexibility index (Phi) is 4.42. The molecule has 2 atom stereocenters. The van der Waals surface area contributed by atoms with Crippen molar-refractivity contribution in [2.75, 3.05) is 26.2 Å². The zero-order valence-electron chi connectivity index (χ0n) is 13.8. The van der Waals surface area contributed by atoms with Gasteiger partial charge in [0, 0.05) is 6.04 Å². The van der Waals surface area contributed by atoms with Crippen LogP contribution >= 0.6 is 0 Å². The molecule has 0 aromatic heterocycles. The molecule has 4 aliphatic rings. The number of hydrogen-bond acceptors (Lipinski definition) is 2. The molecule has 20 heavy (non-hydrogen) atoms. The molecule has 4 aliphatic heterocycles. The van der Waals surface area contributed by atoms with E-state index in [1.54, 1.807) is 0 Å². The molecule has 4 rings (SSSR count). The second kappa shape index (κ2) is 5.96. The second-order valence-corrected chi connectivity index (χ2v) is 8.21. The van der Waals surface area contributed by atoms with E-state index in [0.717, 1.165) is 23.8 Å². The molecule has 0 radical (unpaired) electrons. The Labute approximate surface area is 125 Å². The van der Waals surface area contributed by atoms with Crippen molar-refractivity contribution in [3.63, 3.8) is 0 Å². The lowest BCUT2D eigenvalue weighted by atomic mass is 9.61. The molecule has 0 aromatic carbocycles. The standard InChI is InChI=1S/C18H34N2/c1-14(2)18-6-10-20(11-7-18)17(13-18)12-15(3)16-4-8-19-9-5-16/h14-17,19H,4-13H2,1-3H3. The summed E-state index contributed by atoms with van der Waals surface area (Å²) < 4.78 is 0. The Morgan fingerprint density at radius 2 is 1.75 bits per heavy atom. The lowest BCUT2D eigenvalue weighted by molar-refractivity contribution is -0.0572. The summed E-state index contributed by atoms with van der Waals surface area (Å²) in [5.74, 6) is 2.78. The van der Waals surface area contributed by atoms with Crippen molar-refractivity contribution in [1.29, 1.82) is 0 Å². The minimum absolute atomic E-state index is 0.688. The van der Waals surface area contributed by atoms with E-state index in [1.807, 2.05) is 0 Å². The molecule has 0 amide bonds. The Bertz CT molecular complexity index is 311. The van der Waals surface area contributed by atoms with Crippen LogP contribution in [0, 0.1) is 23.2 Å². The second-order valence-electron chi connectivity index (χ2n) is 8.21.